The summed E-state index contributed by atoms with van der Waals surface area (Å²) in [5.41, 5.74) is 4.43. The van der Waals surface area contributed by atoms with Gasteiger partial charge in [-0.05, 0) is 42.9 Å². The van der Waals surface area contributed by atoms with E-state index in [0.29, 0.717) is 0 Å². The molecule has 0 fully saturated rings. The van der Waals surface area contributed by atoms with Crippen LogP contribution in [-0.2, 0) is 12.8 Å². The summed E-state index contributed by atoms with van der Waals surface area (Å²) in [4.78, 5) is 0. The third-order valence-corrected chi connectivity index (χ3v) is 3.68. The smallest absolute Gasteiger partial charge is 0.0372 e. The number of aryl methyl sites for hydroxylation is 2. The van der Waals surface area contributed by atoms with E-state index in [9.17, 15) is 0 Å². The van der Waals surface area contributed by atoms with Crippen molar-refractivity contribution in [3.8, 4) is 0 Å². The van der Waals surface area contributed by atoms with Gasteiger partial charge < -0.3 is 5.32 Å². The maximum Gasteiger partial charge on any atom is 0.0372 e. The van der Waals surface area contributed by atoms with Crippen LogP contribution in [0.1, 0.15) is 56.6 Å². The lowest BCUT2D eigenvalue weighted by Crippen LogP contribution is -2.11. The number of hydrogen-bond acceptors (Lipinski definition) is 1. The van der Waals surface area contributed by atoms with Crippen LogP contribution < -0.4 is 5.32 Å². The maximum absolute atomic E-state index is 3.47. The third-order valence-electron chi connectivity index (χ3n) is 3.68. The Hall–Kier alpha value is -0.980. The fraction of sp³-hybridized carbons (Fsp3) is 0.625. The first kappa shape index (κ1) is 12.5. The zero-order chi connectivity index (χ0) is 11.9. The molecule has 0 radical (unpaired) electrons. The Kier molecular flexibility index (Phi) is 4.90. The van der Waals surface area contributed by atoms with Crippen molar-refractivity contribution in [1.82, 2.24) is 0 Å². The van der Waals surface area contributed by atoms with Gasteiger partial charge >= 0.3 is 0 Å². The van der Waals surface area contributed by atoms with Gasteiger partial charge in [0.1, 0.15) is 0 Å². The van der Waals surface area contributed by atoms with Gasteiger partial charge in [0.05, 0.1) is 0 Å². The molecule has 1 heterocycles. The highest BCUT2D eigenvalue weighted by atomic mass is 14.9. The third kappa shape index (κ3) is 3.76. The van der Waals surface area contributed by atoms with Crippen LogP contribution in [0.15, 0.2) is 18.2 Å². The van der Waals surface area contributed by atoms with Crippen molar-refractivity contribution in [3.05, 3.63) is 29.3 Å². The molecule has 1 heteroatoms. The van der Waals surface area contributed by atoms with Crippen LogP contribution in [0.5, 0.6) is 0 Å². The van der Waals surface area contributed by atoms with E-state index in [1.807, 2.05) is 0 Å². The fourth-order valence-corrected chi connectivity index (χ4v) is 2.62. The van der Waals surface area contributed by atoms with E-state index in [1.165, 1.54) is 68.2 Å². The highest BCUT2D eigenvalue weighted by molar-refractivity contribution is 5.54. The summed E-state index contributed by atoms with van der Waals surface area (Å²) < 4.78 is 0. The van der Waals surface area contributed by atoms with E-state index in [2.05, 4.69) is 30.4 Å². The fourth-order valence-electron chi connectivity index (χ4n) is 2.62. The minimum absolute atomic E-state index is 1.14. The molecule has 1 aromatic carbocycles. The van der Waals surface area contributed by atoms with Gasteiger partial charge in [0.15, 0.2) is 0 Å². The summed E-state index contributed by atoms with van der Waals surface area (Å²) in [7, 11) is 0. The van der Waals surface area contributed by atoms with Crippen LogP contribution in [0.25, 0.3) is 0 Å². The Morgan fingerprint density at radius 3 is 2.88 bits per heavy atom. The largest absolute Gasteiger partial charge is 0.385 e. The van der Waals surface area contributed by atoms with E-state index in [0.717, 1.165) is 6.54 Å². The Balaban J connectivity index is 1.81. The van der Waals surface area contributed by atoms with Gasteiger partial charge in [0, 0.05) is 12.2 Å². The average molecular weight is 231 g/mol. The van der Waals surface area contributed by atoms with Gasteiger partial charge in [-0.25, -0.2) is 0 Å². The number of fused-ring (bicyclic) bond motifs is 1. The van der Waals surface area contributed by atoms with Crippen molar-refractivity contribution in [3.63, 3.8) is 0 Å². The zero-order valence-corrected chi connectivity index (χ0v) is 11.1. The summed E-state index contributed by atoms with van der Waals surface area (Å²) in [6, 6.07) is 6.99. The Bertz CT molecular complexity index is 343. The van der Waals surface area contributed by atoms with Crippen molar-refractivity contribution < 1.29 is 0 Å². The molecule has 0 saturated carbocycles. The van der Waals surface area contributed by atoms with E-state index in [1.54, 1.807) is 0 Å². The van der Waals surface area contributed by atoms with E-state index in [4.69, 9.17) is 0 Å². The van der Waals surface area contributed by atoms with Gasteiger partial charge in [-0.2, -0.15) is 0 Å². The first-order valence-electron chi connectivity index (χ1n) is 7.26. The van der Waals surface area contributed by atoms with Gasteiger partial charge in [-0.3, -0.25) is 0 Å². The number of benzene rings is 1. The molecule has 1 nitrogen and oxygen atoms in total. The molecule has 0 aromatic heterocycles. The monoisotopic (exact) mass is 231 g/mol. The van der Waals surface area contributed by atoms with Gasteiger partial charge in [-0.15, -0.1) is 0 Å². The summed E-state index contributed by atoms with van der Waals surface area (Å²) >= 11 is 0. The molecule has 1 N–H and O–H groups in total. The first-order valence-corrected chi connectivity index (χ1v) is 7.26. The minimum atomic E-state index is 1.14. The molecule has 1 aliphatic heterocycles. The van der Waals surface area contributed by atoms with Gasteiger partial charge in [0.25, 0.3) is 0 Å². The molecule has 1 aromatic rings. The zero-order valence-electron chi connectivity index (χ0n) is 11.1. The predicted octanol–water partition coefficient (Wildman–Crippen LogP) is 4.56. The Labute approximate surface area is 106 Å². The van der Waals surface area contributed by atoms with Crippen molar-refractivity contribution >= 4 is 5.69 Å². The van der Waals surface area contributed by atoms with Crippen LogP contribution in [0, 0.1) is 0 Å². The minimum Gasteiger partial charge on any atom is -0.385 e. The van der Waals surface area contributed by atoms with E-state index < -0.39 is 0 Å². The summed E-state index contributed by atoms with van der Waals surface area (Å²) in [6.45, 7) is 3.42. The molecule has 0 aliphatic carbocycles. The number of anilines is 1. The topological polar surface area (TPSA) is 12.0 Å². The first-order chi connectivity index (χ1) is 8.40. The molecule has 2 rings (SSSR count). The molecule has 94 valence electrons. The van der Waals surface area contributed by atoms with Crippen molar-refractivity contribution in [2.75, 3.05) is 11.9 Å². The van der Waals surface area contributed by atoms with Gasteiger partial charge in [0.2, 0.25) is 0 Å². The molecular weight excluding hydrogens is 206 g/mol. The van der Waals surface area contributed by atoms with Gasteiger partial charge in [-0.1, -0.05) is 44.7 Å². The van der Waals surface area contributed by atoms with Crippen LogP contribution in [-0.4, -0.2) is 6.54 Å². The number of unbranched alkanes of at least 4 members (excludes halogenated alkanes) is 4. The molecule has 1 aliphatic rings. The average Bonchev–Trinajstić information content (AvgIpc) is 2.38. The molecule has 0 amide bonds. The Morgan fingerprint density at radius 1 is 1.12 bits per heavy atom. The van der Waals surface area contributed by atoms with Crippen molar-refractivity contribution in [1.29, 1.82) is 0 Å². The lowest BCUT2D eigenvalue weighted by molar-refractivity contribution is 0.632. The lowest BCUT2D eigenvalue weighted by atomic mass is 9.98. The normalized spacial score (nSPS) is 14.2. The van der Waals surface area contributed by atoms with Crippen molar-refractivity contribution in [2.24, 2.45) is 0 Å². The molecular formula is C16H25N. The molecule has 0 saturated heterocycles. The summed E-state index contributed by atoms with van der Waals surface area (Å²) in [5.74, 6) is 0. The second kappa shape index (κ2) is 6.68. The number of rotatable bonds is 6. The standard InChI is InChI=1S/C16H25N/c1-2-3-4-5-6-8-14-10-11-16-15(13-14)9-7-12-17-16/h10-11,13,17H,2-9,12H2,1H3. The highest BCUT2D eigenvalue weighted by Crippen LogP contribution is 2.23. The number of hydrogen-bond donors (Lipinski definition) is 1. The molecule has 0 unspecified atom stereocenters. The van der Waals surface area contributed by atoms with E-state index in [-0.39, 0.29) is 0 Å². The number of nitrogens with one attached hydrogen (secondary N) is 1. The highest BCUT2D eigenvalue weighted by Gasteiger charge is 2.08. The van der Waals surface area contributed by atoms with E-state index >= 15 is 0 Å². The molecule has 0 atom stereocenters. The molecule has 0 spiro atoms. The maximum atomic E-state index is 3.47. The lowest BCUT2D eigenvalue weighted by Gasteiger charge is -2.18. The van der Waals surface area contributed by atoms with Crippen LogP contribution in [0.2, 0.25) is 0 Å². The SMILES string of the molecule is CCCCCCCc1ccc2c(c1)CCCN2. The van der Waals surface area contributed by atoms with Crippen molar-refractivity contribution in [2.45, 2.75) is 58.3 Å². The van der Waals surface area contributed by atoms with Crippen LogP contribution in [0.3, 0.4) is 0 Å². The predicted molar refractivity (Wildman–Crippen MR) is 75.7 cm³/mol. The quantitative estimate of drug-likeness (QED) is 0.708. The molecule has 0 bridgehead atoms. The Morgan fingerprint density at radius 2 is 2.00 bits per heavy atom. The second-order valence-corrected chi connectivity index (χ2v) is 5.19. The van der Waals surface area contributed by atoms with Crippen LogP contribution in [0.4, 0.5) is 5.69 Å². The second-order valence-electron chi connectivity index (χ2n) is 5.19. The molecule has 17 heavy (non-hydrogen) atoms. The van der Waals surface area contributed by atoms with Crippen LogP contribution >= 0.6 is 0 Å². The summed E-state index contributed by atoms with van der Waals surface area (Å²) in [5, 5.41) is 3.47. The summed E-state index contributed by atoms with van der Waals surface area (Å²) in [6.07, 6.45) is 10.7.